The summed E-state index contributed by atoms with van der Waals surface area (Å²) in [6.07, 6.45) is 5.66. The maximum Gasteiger partial charge on any atom is 0.0556 e. The van der Waals surface area contributed by atoms with Crippen molar-refractivity contribution in [2.24, 2.45) is 5.41 Å². The minimum atomic E-state index is 0.281. The zero-order chi connectivity index (χ0) is 7.03. The Morgan fingerprint density at radius 2 is 2.10 bits per heavy atom. The molecule has 2 aliphatic rings. The van der Waals surface area contributed by atoms with Gasteiger partial charge in [-0.1, -0.05) is 0 Å². The Morgan fingerprint density at radius 3 is 2.60 bits per heavy atom. The van der Waals surface area contributed by atoms with Crippen LogP contribution in [-0.2, 0) is 0 Å². The van der Waals surface area contributed by atoms with Crippen LogP contribution in [0.1, 0.15) is 25.7 Å². The average molecular weight is 141 g/mol. The van der Waals surface area contributed by atoms with Crippen molar-refractivity contribution >= 4 is 0 Å². The molecule has 2 fully saturated rings. The number of aliphatic hydroxyl groups excluding tert-OH is 1. The molecule has 2 N–H and O–H groups in total. The molecule has 0 aliphatic heterocycles. The van der Waals surface area contributed by atoms with Crippen LogP contribution in [0.15, 0.2) is 0 Å². The number of hydrogen-bond donors (Lipinski definition) is 2. The second-order valence-electron chi connectivity index (χ2n) is 3.78. The van der Waals surface area contributed by atoms with Crippen molar-refractivity contribution in [2.75, 3.05) is 13.2 Å². The fraction of sp³-hybridized carbons (Fsp3) is 1.00. The second-order valence-corrected chi connectivity index (χ2v) is 3.78. The Labute approximate surface area is 61.6 Å². The van der Waals surface area contributed by atoms with Gasteiger partial charge in [0.2, 0.25) is 0 Å². The molecule has 2 nitrogen and oxygen atoms in total. The fourth-order valence-corrected chi connectivity index (χ4v) is 1.98. The Kier molecular flexibility index (Phi) is 1.46. The predicted molar refractivity (Wildman–Crippen MR) is 39.8 cm³/mol. The van der Waals surface area contributed by atoms with Gasteiger partial charge < -0.3 is 10.4 Å². The van der Waals surface area contributed by atoms with Crippen LogP contribution in [0.25, 0.3) is 0 Å². The highest BCUT2D eigenvalue weighted by Crippen LogP contribution is 2.60. The minimum absolute atomic E-state index is 0.281. The lowest BCUT2D eigenvalue weighted by atomic mass is 9.77. The van der Waals surface area contributed by atoms with Crippen molar-refractivity contribution in [1.29, 1.82) is 0 Å². The van der Waals surface area contributed by atoms with Crippen LogP contribution in [0.3, 0.4) is 0 Å². The van der Waals surface area contributed by atoms with Crippen LogP contribution in [0.4, 0.5) is 0 Å². The minimum Gasteiger partial charge on any atom is -0.395 e. The molecule has 0 amide bonds. The van der Waals surface area contributed by atoms with Gasteiger partial charge in [0.25, 0.3) is 0 Å². The lowest BCUT2D eigenvalue weighted by Crippen LogP contribution is -2.43. The first-order chi connectivity index (χ1) is 4.85. The first-order valence-electron chi connectivity index (χ1n) is 4.19. The molecule has 0 heterocycles. The average Bonchev–Trinajstić information content (AvgIpc) is 2.59. The van der Waals surface area contributed by atoms with Gasteiger partial charge in [0.1, 0.15) is 0 Å². The van der Waals surface area contributed by atoms with Gasteiger partial charge in [0, 0.05) is 12.6 Å². The molecule has 10 heavy (non-hydrogen) atoms. The third kappa shape index (κ3) is 1.06. The zero-order valence-electron chi connectivity index (χ0n) is 6.27. The largest absolute Gasteiger partial charge is 0.395 e. The third-order valence-electron chi connectivity index (χ3n) is 2.86. The third-order valence-corrected chi connectivity index (χ3v) is 2.86. The van der Waals surface area contributed by atoms with E-state index in [0.717, 1.165) is 18.0 Å². The van der Waals surface area contributed by atoms with Crippen molar-refractivity contribution in [1.82, 2.24) is 5.32 Å². The van der Waals surface area contributed by atoms with Gasteiger partial charge >= 0.3 is 0 Å². The smallest absolute Gasteiger partial charge is 0.0556 e. The van der Waals surface area contributed by atoms with Gasteiger partial charge in [-0.05, 0) is 31.1 Å². The van der Waals surface area contributed by atoms with Gasteiger partial charge in [0.05, 0.1) is 6.61 Å². The van der Waals surface area contributed by atoms with Crippen LogP contribution >= 0.6 is 0 Å². The first-order valence-corrected chi connectivity index (χ1v) is 4.19. The molecule has 0 unspecified atom stereocenters. The van der Waals surface area contributed by atoms with E-state index in [-0.39, 0.29) is 6.61 Å². The Bertz CT molecular complexity index is 123. The summed E-state index contributed by atoms with van der Waals surface area (Å²) in [6, 6.07) is 0.731. The Balaban J connectivity index is 1.61. The molecule has 2 heteroatoms. The van der Waals surface area contributed by atoms with E-state index in [1.807, 2.05) is 0 Å². The van der Waals surface area contributed by atoms with Crippen LogP contribution in [0.2, 0.25) is 0 Å². The summed E-state index contributed by atoms with van der Waals surface area (Å²) in [5.41, 5.74) is 0.799. The van der Waals surface area contributed by atoms with Crippen molar-refractivity contribution < 1.29 is 5.11 Å². The molecule has 1 spiro atoms. The quantitative estimate of drug-likeness (QED) is 0.600. The van der Waals surface area contributed by atoms with Gasteiger partial charge in [-0.3, -0.25) is 0 Å². The van der Waals surface area contributed by atoms with E-state index in [4.69, 9.17) is 5.11 Å². The second kappa shape index (κ2) is 2.21. The van der Waals surface area contributed by atoms with E-state index >= 15 is 0 Å². The summed E-state index contributed by atoms with van der Waals surface area (Å²) < 4.78 is 0. The maximum absolute atomic E-state index is 8.52. The highest BCUT2D eigenvalue weighted by Gasteiger charge is 2.52. The summed E-state index contributed by atoms with van der Waals surface area (Å²) in [7, 11) is 0. The summed E-state index contributed by atoms with van der Waals surface area (Å²) in [4.78, 5) is 0. The Hall–Kier alpha value is -0.0800. The summed E-state index contributed by atoms with van der Waals surface area (Å²) in [6.45, 7) is 1.06. The van der Waals surface area contributed by atoms with Gasteiger partial charge in [-0.15, -0.1) is 0 Å². The van der Waals surface area contributed by atoms with Crippen molar-refractivity contribution in [2.45, 2.75) is 31.7 Å². The normalized spacial score (nSPS) is 28.5. The Morgan fingerprint density at radius 1 is 1.40 bits per heavy atom. The molecular formula is C8H15NO. The van der Waals surface area contributed by atoms with Crippen molar-refractivity contribution in [3.05, 3.63) is 0 Å². The first kappa shape index (κ1) is 6.62. The highest BCUT2D eigenvalue weighted by atomic mass is 16.3. The number of hydrogen-bond acceptors (Lipinski definition) is 2. The molecule has 0 aromatic rings. The lowest BCUT2D eigenvalue weighted by Gasteiger charge is -2.36. The summed E-state index contributed by atoms with van der Waals surface area (Å²) >= 11 is 0. The lowest BCUT2D eigenvalue weighted by molar-refractivity contribution is 0.185. The van der Waals surface area contributed by atoms with Crippen LogP contribution in [0, 0.1) is 5.41 Å². The number of rotatable bonds is 3. The van der Waals surface area contributed by atoms with E-state index < -0.39 is 0 Å². The van der Waals surface area contributed by atoms with E-state index in [9.17, 15) is 0 Å². The topological polar surface area (TPSA) is 32.3 Å². The van der Waals surface area contributed by atoms with Gasteiger partial charge in [-0.2, -0.15) is 0 Å². The number of nitrogens with one attached hydrogen (secondary N) is 1. The van der Waals surface area contributed by atoms with Crippen LogP contribution in [0.5, 0.6) is 0 Å². The predicted octanol–water partition coefficient (Wildman–Crippen LogP) is 0.511. The SMILES string of the molecule is OCCNC1CC2(CC2)C1. The van der Waals surface area contributed by atoms with E-state index in [2.05, 4.69) is 5.32 Å². The van der Waals surface area contributed by atoms with Gasteiger partial charge in [-0.25, -0.2) is 0 Å². The standard InChI is InChI=1S/C8H15NO/c10-4-3-9-7-5-8(6-7)1-2-8/h7,9-10H,1-6H2. The van der Waals surface area contributed by atoms with Crippen LogP contribution < -0.4 is 5.32 Å². The summed E-state index contributed by atoms with van der Waals surface area (Å²) in [5, 5.41) is 11.8. The number of aliphatic hydroxyl groups is 1. The molecule has 0 aromatic carbocycles. The molecule has 2 aliphatic carbocycles. The molecule has 58 valence electrons. The molecule has 0 bridgehead atoms. The van der Waals surface area contributed by atoms with Crippen molar-refractivity contribution in [3.63, 3.8) is 0 Å². The van der Waals surface area contributed by atoms with Gasteiger partial charge in [0.15, 0.2) is 0 Å². The van der Waals surface area contributed by atoms with E-state index in [0.29, 0.717) is 0 Å². The van der Waals surface area contributed by atoms with Crippen LogP contribution in [-0.4, -0.2) is 24.3 Å². The monoisotopic (exact) mass is 141 g/mol. The van der Waals surface area contributed by atoms with E-state index in [1.54, 1.807) is 0 Å². The molecule has 0 radical (unpaired) electrons. The molecule has 0 aromatic heterocycles. The highest BCUT2D eigenvalue weighted by molar-refractivity contribution is 5.06. The molecule has 2 rings (SSSR count). The zero-order valence-corrected chi connectivity index (χ0v) is 6.27. The maximum atomic E-state index is 8.52. The van der Waals surface area contributed by atoms with Crippen molar-refractivity contribution in [3.8, 4) is 0 Å². The molecular weight excluding hydrogens is 126 g/mol. The molecule has 0 saturated heterocycles. The molecule has 2 saturated carbocycles. The fourth-order valence-electron chi connectivity index (χ4n) is 1.98. The summed E-state index contributed by atoms with van der Waals surface area (Å²) in [5.74, 6) is 0. The van der Waals surface area contributed by atoms with E-state index in [1.165, 1.54) is 25.7 Å². The molecule has 0 atom stereocenters.